The van der Waals surface area contributed by atoms with Crippen LogP contribution in [0.2, 0.25) is 10.0 Å². The lowest BCUT2D eigenvalue weighted by atomic mass is 10.1. The number of ether oxygens (including phenoxy) is 1. The van der Waals surface area contributed by atoms with Gasteiger partial charge in [-0.15, -0.1) is 0 Å². The van der Waals surface area contributed by atoms with E-state index >= 15 is 0 Å². The first-order valence-corrected chi connectivity index (χ1v) is 9.10. The molecule has 0 spiro atoms. The Bertz CT molecular complexity index is 1070. The van der Waals surface area contributed by atoms with Gasteiger partial charge in [0.25, 0.3) is 5.69 Å². The number of non-ortho nitro benzene ring substituents is 1. The number of benzene rings is 2. The minimum atomic E-state index is -0.416. The molecule has 0 radical (unpaired) electrons. The smallest absolute Gasteiger partial charge is 0.270 e. The normalized spacial score (nSPS) is 15.6. The monoisotopic (exact) mass is 403 g/mol. The highest BCUT2D eigenvalue weighted by molar-refractivity contribution is 6.36. The fourth-order valence-corrected chi connectivity index (χ4v) is 4.20. The van der Waals surface area contributed by atoms with Crippen molar-refractivity contribution in [2.75, 3.05) is 12.4 Å². The van der Waals surface area contributed by atoms with Crippen LogP contribution in [-0.2, 0) is 6.42 Å². The van der Waals surface area contributed by atoms with Crippen molar-refractivity contribution in [3.63, 3.8) is 0 Å². The Kier molecular flexibility index (Phi) is 4.53. The lowest BCUT2D eigenvalue weighted by Crippen LogP contribution is -2.10. The van der Waals surface area contributed by atoms with E-state index in [9.17, 15) is 10.1 Å². The van der Waals surface area contributed by atoms with E-state index in [2.05, 4.69) is 10.3 Å². The van der Waals surface area contributed by atoms with Gasteiger partial charge in [0, 0.05) is 28.1 Å². The number of nitrogens with one attached hydrogen (secondary N) is 1. The molecule has 3 aromatic rings. The number of halogens is 2. The third-order valence-corrected chi connectivity index (χ3v) is 5.39. The number of hydrogen-bond donors (Lipinski definition) is 1. The summed E-state index contributed by atoms with van der Waals surface area (Å²) in [6, 6.07) is 9.92. The molecule has 0 saturated heterocycles. The molecular weight excluding hydrogens is 389 g/mol. The van der Waals surface area contributed by atoms with Crippen LogP contribution >= 0.6 is 23.2 Å². The second-order valence-electron chi connectivity index (χ2n) is 6.33. The van der Waals surface area contributed by atoms with Crippen molar-refractivity contribution in [1.29, 1.82) is 0 Å². The predicted molar refractivity (Wildman–Crippen MR) is 106 cm³/mol. The lowest BCUT2D eigenvalue weighted by molar-refractivity contribution is -0.384. The summed E-state index contributed by atoms with van der Waals surface area (Å²) in [6.45, 7) is 0. The summed E-state index contributed by atoms with van der Waals surface area (Å²) in [5.41, 5.74) is 2.72. The fourth-order valence-electron chi connectivity index (χ4n) is 3.55. The number of hydrogen-bond acceptors (Lipinski definition) is 5. The summed E-state index contributed by atoms with van der Waals surface area (Å²) in [4.78, 5) is 15.1. The molecule has 8 heteroatoms. The zero-order chi connectivity index (χ0) is 19.1. The summed E-state index contributed by atoms with van der Waals surface area (Å²) < 4.78 is 5.50. The van der Waals surface area contributed by atoms with Gasteiger partial charge in [-0.05, 0) is 42.7 Å². The van der Waals surface area contributed by atoms with E-state index in [4.69, 9.17) is 27.9 Å². The predicted octanol–water partition coefficient (Wildman–Crippen LogP) is 5.56. The Morgan fingerprint density at radius 1 is 1.22 bits per heavy atom. The van der Waals surface area contributed by atoms with Crippen LogP contribution in [0.5, 0.6) is 5.75 Å². The molecule has 1 atom stereocenters. The van der Waals surface area contributed by atoms with E-state index in [1.165, 1.54) is 12.1 Å². The van der Waals surface area contributed by atoms with Crippen molar-refractivity contribution < 1.29 is 9.66 Å². The van der Waals surface area contributed by atoms with Gasteiger partial charge >= 0.3 is 0 Å². The number of nitrogens with zero attached hydrogens (tertiary/aromatic N) is 2. The number of pyridine rings is 1. The quantitative estimate of drug-likeness (QED) is 0.455. The van der Waals surface area contributed by atoms with Gasteiger partial charge < -0.3 is 10.1 Å². The number of anilines is 1. The minimum absolute atomic E-state index is 0.0332. The molecule has 6 nitrogen and oxygen atoms in total. The first-order chi connectivity index (χ1) is 13.0. The Labute approximate surface area is 165 Å². The molecule has 1 aliphatic rings. The largest absolute Gasteiger partial charge is 0.495 e. The molecule has 1 aliphatic carbocycles. The van der Waals surface area contributed by atoms with Gasteiger partial charge in [0.2, 0.25) is 0 Å². The van der Waals surface area contributed by atoms with Gasteiger partial charge in [0.1, 0.15) is 11.6 Å². The van der Waals surface area contributed by atoms with Crippen LogP contribution in [0, 0.1) is 10.1 Å². The fraction of sp³-hybridized carbons (Fsp3) is 0.211. The van der Waals surface area contributed by atoms with Crippen LogP contribution in [-0.4, -0.2) is 17.0 Å². The van der Waals surface area contributed by atoms with E-state index in [-0.39, 0.29) is 11.7 Å². The molecule has 0 saturated carbocycles. The van der Waals surface area contributed by atoms with Crippen molar-refractivity contribution in [3.8, 4) is 5.75 Å². The van der Waals surface area contributed by atoms with Crippen LogP contribution in [0.1, 0.15) is 23.6 Å². The van der Waals surface area contributed by atoms with Gasteiger partial charge in [0.15, 0.2) is 0 Å². The standard InChI is InChI=1S/C19H15Cl2N3O3/c1-27-19-14(21)9-13(20)12-4-6-16(18(12)19)23-17-7-2-10-8-11(24(25)26)3-5-15(10)22-17/h2-3,5,7-9,16H,4,6H2,1H3,(H,22,23)/t16-/m0/s1. The maximum atomic E-state index is 10.9. The molecule has 138 valence electrons. The zero-order valence-electron chi connectivity index (χ0n) is 14.3. The molecule has 0 fully saturated rings. The van der Waals surface area contributed by atoms with Gasteiger partial charge in [-0.3, -0.25) is 10.1 Å². The third-order valence-electron chi connectivity index (χ3n) is 4.77. The molecule has 1 aromatic heterocycles. The summed E-state index contributed by atoms with van der Waals surface area (Å²) >= 11 is 12.6. The Morgan fingerprint density at radius 3 is 2.78 bits per heavy atom. The van der Waals surface area contributed by atoms with Crippen LogP contribution in [0.3, 0.4) is 0 Å². The highest BCUT2D eigenvalue weighted by Crippen LogP contribution is 2.46. The molecule has 1 heterocycles. The van der Waals surface area contributed by atoms with Crippen molar-refractivity contribution in [3.05, 3.63) is 67.7 Å². The molecule has 27 heavy (non-hydrogen) atoms. The molecular formula is C19H15Cl2N3O3. The number of rotatable bonds is 4. The topological polar surface area (TPSA) is 77.3 Å². The minimum Gasteiger partial charge on any atom is -0.495 e. The molecule has 2 aromatic carbocycles. The summed E-state index contributed by atoms with van der Waals surface area (Å²) in [5.74, 6) is 1.30. The van der Waals surface area contributed by atoms with Crippen molar-refractivity contribution in [1.82, 2.24) is 4.98 Å². The van der Waals surface area contributed by atoms with Crippen LogP contribution in [0.4, 0.5) is 11.5 Å². The number of methoxy groups -OCH3 is 1. The number of aromatic nitrogens is 1. The summed E-state index contributed by atoms with van der Waals surface area (Å²) in [7, 11) is 1.59. The van der Waals surface area contributed by atoms with Crippen LogP contribution < -0.4 is 10.1 Å². The van der Waals surface area contributed by atoms with E-state index in [1.807, 2.05) is 12.1 Å². The number of nitro groups is 1. The summed E-state index contributed by atoms with van der Waals surface area (Å²) in [5, 5.41) is 16.2. The van der Waals surface area contributed by atoms with Crippen LogP contribution in [0.15, 0.2) is 36.4 Å². The van der Waals surface area contributed by atoms with Gasteiger partial charge in [-0.25, -0.2) is 4.98 Å². The highest BCUT2D eigenvalue weighted by Gasteiger charge is 2.30. The number of nitro benzene ring substituents is 1. The maximum absolute atomic E-state index is 10.9. The molecule has 4 rings (SSSR count). The van der Waals surface area contributed by atoms with Crippen molar-refractivity contribution >= 4 is 45.6 Å². The average Bonchev–Trinajstić information content (AvgIpc) is 3.05. The number of fused-ring (bicyclic) bond motifs is 2. The molecule has 0 unspecified atom stereocenters. The van der Waals surface area contributed by atoms with Crippen molar-refractivity contribution in [2.45, 2.75) is 18.9 Å². The molecule has 0 aliphatic heterocycles. The SMILES string of the molecule is COc1c(Cl)cc(Cl)c2c1[C@@H](Nc1ccc3cc([N+](=O)[O-])ccc3n1)CC2. The van der Waals surface area contributed by atoms with E-state index < -0.39 is 4.92 Å². The second-order valence-corrected chi connectivity index (χ2v) is 7.15. The van der Waals surface area contributed by atoms with Gasteiger partial charge in [-0.1, -0.05) is 23.2 Å². The van der Waals surface area contributed by atoms with Gasteiger partial charge in [0.05, 0.1) is 28.6 Å². The Hall–Kier alpha value is -2.57. The highest BCUT2D eigenvalue weighted by atomic mass is 35.5. The molecule has 1 N–H and O–H groups in total. The lowest BCUT2D eigenvalue weighted by Gasteiger charge is -2.19. The van der Waals surface area contributed by atoms with Crippen LogP contribution in [0.25, 0.3) is 10.9 Å². The maximum Gasteiger partial charge on any atom is 0.270 e. The molecule has 0 amide bonds. The van der Waals surface area contributed by atoms with E-state index in [1.54, 1.807) is 19.2 Å². The first-order valence-electron chi connectivity index (χ1n) is 8.34. The molecule has 0 bridgehead atoms. The Balaban J connectivity index is 1.69. The zero-order valence-corrected chi connectivity index (χ0v) is 15.8. The van der Waals surface area contributed by atoms with E-state index in [0.717, 1.165) is 24.0 Å². The Morgan fingerprint density at radius 2 is 2.04 bits per heavy atom. The van der Waals surface area contributed by atoms with E-state index in [0.29, 0.717) is 32.5 Å². The van der Waals surface area contributed by atoms with Crippen molar-refractivity contribution in [2.24, 2.45) is 0 Å². The first kappa shape index (κ1) is 17.8. The average molecular weight is 404 g/mol. The second kappa shape index (κ2) is 6.87. The summed E-state index contributed by atoms with van der Waals surface area (Å²) in [6.07, 6.45) is 1.66. The third kappa shape index (κ3) is 3.15. The van der Waals surface area contributed by atoms with Gasteiger partial charge in [-0.2, -0.15) is 0 Å².